The zero-order valence-electron chi connectivity index (χ0n) is 19.8. The van der Waals surface area contributed by atoms with Crippen LogP contribution >= 0.6 is 11.3 Å². The van der Waals surface area contributed by atoms with Gasteiger partial charge in [-0.15, -0.1) is 24.5 Å². The highest BCUT2D eigenvalue weighted by Crippen LogP contribution is 2.36. The summed E-state index contributed by atoms with van der Waals surface area (Å²) in [7, 11) is 0. The molecule has 0 amide bonds. The molecule has 2 aromatic heterocycles. The van der Waals surface area contributed by atoms with Crippen LogP contribution in [0.2, 0.25) is 0 Å². The molecule has 0 spiro atoms. The summed E-state index contributed by atoms with van der Waals surface area (Å²) < 4.78 is 55.0. The van der Waals surface area contributed by atoms with Crippen molar-refractivity contribution in [3.63, 3.8) is 0 Å². The summed E-state index contributed by atoms with van der Waals surface area (Å²) in [5, 5.41) is 1.75. The number of alkyl halides is 3. The molecule has 5 rings (SSSR count). The summed E-state index contributed by atoms with van der Waals surface area (Å²) in [5.74, 6) is 1.43. The van der Waals surface area contributed by atoms with Gasteiger partial charge in [0.25, 0.3) is 5.56 Å². The summed E-state index contributed by atoms with van der Waals surface area (Å²) >= 11 is 1.31. The fourth-order valence-corrected chi connectivity index (χ4v) is 4.57. The summed E-state index contributed by atoms with van der Waals surface area (Å²) in [6, 6.07) is 10.8. The maximum absolute atomic E-state index is 13.4. The molecule has 1 aliphatic rings. The van der Waals surface area contributed by atoms with Crippen molar-refractivity contribution in [3.8, 4) is 28.4 Å². The Morgan fingerprint density at radius 1 is 1.11 bits per heavy atom. The second-order valence-corrected chi connectivity index (χ2v) is 9.37. The number of ether oxygens (including phenoxy) is 3. The van der Waals surface area contributed by atoms with E-state index >= 15 is 0 Å². The van der Waals surface area contributed by atoms with Gasteiger partial charge in [0, 0.05) is 17.1 Å². The molecule has 6 nitrogen and oxygen atoms in total. The molecule has 10 heteroatoms. The number of aromatic nitrogens is 2. The first kappa shape index (κ1) is 24.9. The van der Waals surface area contributed by atoms with Crippen molar-refractivity contribution in [1.29, 1.82) is 0 Å². The molecule has 0 atom stereocenters. The van der Waals surface area contributed by atoms with Crippen LogP contribution in [-0.4, -0.2) is 29.0 Å². The Morgan fingerprint density at radius 2 is 1.89 bits per heavy atom. The minimum atomic E-state index is -4.80. The Morgan fingerprint density at radius 3 is 2.59 bits per heavy atom. The van der Waals surface area contributed by atoms with Gasteiger partial charge in [0.1, 0.15) is 5.75 Å². The van der Waals surface area contributed by atoms with E-state index in [1.165, 1.54) is 40.0 Å². The molecule has 0 bridgehead atoms. The molecule has 192 valence electrons. The molecule has 0 radical (unpaired) electrons. The number of hydrogen-bond donors (Lipinski definition) is 0. The number of rotatable bonds is 9. The first-order valence-electron chi connectivity index (χ1n) is 11.7. The van der Waals surface area contributed by atoms with Crippen LogP contribution in [-0.2, 0) is 0 Å². The number of para-hydroxylation sites is 1. The van der Waals surface area contributed by atoms with Gasteiger partial charge >= 0.3 is 6.36 Å². The molecule has 1 fully saturated rings. The van der Waals surface area contributed by atoms with Gasteiger partial charge in [-0.25, -0.2) is 4.98 Å². The third kappa shape index (κ3) is 5.80. The summed E-state index contributed by atoms with van der Waals surface area (Å²) in [6.07, 6.45) is 2.62. The van der Waals surface area contributed by atoms with Crippen molar-refractivity contribution >= 4 is 28.4 Å². The molecule has 2 heterocycles. The van der Waals surface area contributed by atoms with Crippen LogP contribution < -0.4 is 19.8 Å². The highest BCUT2D eigenvalue weighted by Gasteiger charge is 2.31. The van der Waals surface area contributed by atoms with Crippen molar-refractivity contribution in [1.82, 2.24) is 9.38 Å². The van der Waals surface area contributed by atoms with E-state index < -0.39 is 6.36 Å². The second-order valence-electron chi connectivity index (χ2n) is 8.50. The predicted octanol–water partition coefficient (Wildman–Crippen LogP) is 6.68. The third-order valence-corrected chi connectivity index (χ3v) is 6.52. The summed E-state index contributed by atoms with van der Waals surface area (Å²) in [4.78, 5) is 18.5. The number of nitrogens with zero attached hydrogens (tertiary/aromatic N) is 2. The smallest absolute Gasteiger partial charge is 0.490 e. The Balaban J connectivity index is 1.55. The summed E-state index contributed by atoms with van der Waals surface area (Å²) in [5.41, 5.74) is 1.49. The lowest BCUT2D eigenvalue weighted by atomic mass is 10.0. The second kappa shape index (κ2) is 10.3. The number of fused-ring (bicyclic) bond motifs is 1. The van der Waals surface area contributed by atoms with E-state index in [-0.39, 0.29) is 16.9 Å². The van der Waals surface area contributed by atoms with Gasteiger partial charge in [0.05, 0.1) is 24.5 Å². The minimum absolute atomic E-state index is 0.257. The molecular weight excluding hydrogens is 505 g/mol. The van der Waals surface area contributed by atoms with Crippen molar-refractivity contribution in [2.24, 2.45) is 5.92 Å². The van der Waals surface area contributed by atoms with Gasteiger partial charge in [-0.05, 0) is 61.6 Å². The van der Waals surface area contributed by atoms with Crippen LogP contribution in [0.4, 0.5) is 13.2 Å². The molecule has 1 aliphatic carbocycles. The zero-order chi connectivity index (χ0) is 26.0. The van der Waals surface area contributed by atoms with Crippen molar-refractivity contribution < 1.29 is 27.4 Å². The predicted molar refractivity (Wildman–Crippen MR) is 136 cm³/mol. The molecular formula is C27H23F3N2O4S. The molecule has 0 unspecified atom stereocenters. The maximum atomic E-state index is 13.4. The largest absolute Gasteiger partial charge is 0.573 e. The molecule has 0 aliphatic heterocycles. The molecule has 2 aromatic carbocycles. The highest BCUT2D eigenvalue weighted by molar-refractivity contribution is 7.15. The minimum Gasteiger partial charge on any atom is -0.490 e. The highest BCUT2D eigenvalue weighted by atomic mass is 32.1. The van der Waals surface area contributed by atoms with Crippen molar-refractivity contribution in [2.75, 3.05) is 13.2 Å². The Bertz CT molecular complexity index is 1490. The van der Waals surface area contributed by atoms with E-state index in [1.54, 1.807) is 23.7 Å². The zero-order valence-corrected chi connectivity index (χ0v) is 20.6. The Labute approximate surface area is 214 Å². The van der Waals surface area contributed by atoms with Gasteiger partial charge in [-0.3, -0.25) is 9.20 Å². The van der Waals surface area contributed by atoms with E-state index in [4.69, 9.17) is 9.47 Å². The topological polar surface area (TPSA) is 62.1 Å². The average Bonchev–Trinajstić information content (AvgIpc) is 3.56. The van der Waals surface area contributed by atoms with E-state index in [2.05, 4.69) is 9.72 Å². The molecule has 4 aromatic rings. The van der Waals surface area contributed by atoms with Gasteiger partial charge in [-0.2, -0.15) is 0 Å². The SMILES string of the molecule is CCOc1cccc(C=Cc2nc3sccn3c(=O)c2-c2ccc(OC(F)(F)F)cc2)c1OCC1CC1. The first-order valence-corrected chi connectivity index (χ1v) is 12.6. The van der Waals surface area contributed by atoms with Crippen LogP contribution in [0, 0.1) is 5.92 Å². The van der Waals surface area contributed by atoms with Gasteiger partial charge < -0.3 is 14.2 Å². The maximum Gasteiger partial charge on any atom is 0.573 e. The van der Waals surface area contributed by atoms with Gasteiger partial charge in [0.2, 0.25) is 0 Å². The number of benzene rings is 2. The number of hydrogen-bond acceptors (Lipinski definition) is 6. The van der Waals surface area contributed by atoms with Crippen molar-refractivity contribution in [3.05, 3.63) is 75.7 Å². The molecule has 0 N–H and O–H groups in total. The van der Waals surface area contributed by atoms with Crippen LogP contribution in [0.5, 0.6) is 17.2 Å². The van der Waals surface area contributed by atoms with Gasteiger partial charge in [-0.1, -0.05) is 24.3 Å². The lowest BCUT2D eigenvalue weighted by molar-refractivity contribution is -0.274. The molecule has 1 saturated carbocycles. The molecule has 37 heavy (non-hydrogen) atoms. The van der Waals surface area contributed by atoms with Crippen LogP contribution in [0.15, 0.2) is 58.8 Å². The Kier molecular flexibility index (Phi) is 6.92. The van der Waals surface area contributed by atoms with E-state index in [9.17, 15) is 18.0 Å². The number of halogens is 3. The monoisotopic (exact) mass is 528 g/mol. The third-order valence-electron chi connectivity index (χ3n) is 5.76. The normalized spacial score (nSPS) is 13.8. The van der Waals surface area contributed by atoms with Crippen LogP contribution in [0.25, 0.3) is 28.2 Å². The molecule has 0 saturated heterocycles. The quantitative estimate of drug-likeness (QED) is 0.243. The standard InChI is InChI=1S/C27H23F3N2O4S/c1-2-34-22-5-3-4-19(24(22)35-16-17-6-7-17)10-13-21-23(25(33)32-14-15-37-26(32)31-21)18-8-11-20(12-9-18)36-27(28,29)30/h3-5,8-15,17H,2,6-7,16H2,1H3. The fourth-order valence-electron chi connectivity index (χ4n) is 3.85. The van der Waals surface area contributed by atoms with E-state index in [0.717, 1.165) is 18.4 Å². The summed E-state index contributed by atoms with van der Waals surface area (Å²) in [6.45, 7) is 2.99. The lowest BCUT2D eigenvalue weighted by Crippen LogP contribution is -2.18. The van der Waals surface area contributed by atoms with Crippen LogP contribution in [0.3, 0.4) is 0 Å². The van der Waals surface area contributed by atoms with Crippen LogP contribution in [0.1, 0.15) is 31.0 Å². The van der Waals surface area contributed by atoms with Gasteiger partial charge in [0.15, 0.2) is 16.5 Å². The average molecular weight is 529 g/mol. The Hall–Kier alpha value is -3.79. The lowest BCUT2D eigenvalue weighted by Gasteiger charge is -2.14. The number of thiazole rings is 1. The first-order chi connectivity index (χ1) is 17.8. The van der Waals surface area contributed by atoms with E-state index in [0.29, 0.717) is 46.8 Å². The van der Waals surface area contributed by atoms with E-state index in [1.807, 2.05) is 25.1 Å². The van der Waals surface area contributed by atoms with Crippen molar-refractivity contribution in [2.45, 2.75) is 26.1 Å². The fraction of sp³-hybridized carbons (Fsp3) is 0.259.